The summed E-state index contributed by atoms with van der Waals surface area (Å²) >= 11 is 6.02. The van der Waals surface area contributed by atoms with Crippen molar-refractivity contribution in [1.29, 1.82) is 0 Å². The van der Waals surface area contributed by atoms with Crippen LogP contribution in [0.4, 0.5) is 10.2 Å². The number of nitrogens with one attached hydrogen (secondary N) is 4. The third-order valence-corrected chi connectivity index (χ3v) is 7.58. The van der Waals surface area contributed by atoms with E-state index in [1.54, 1.807) is 0 Å². The van der Waals surface area contributed by atoms with Crippen molar-refractivity contribution in [1.82, 2.24) is 31.6 Å². The molecule has 2 aromatic rings. The van der Waals surface area contributed by atoms with Gasteiger partial charge in [0.15, 0.2) is 0 Å². The van der Waals surface area contributed by atoms with Crippen LogP contribution in [0, 0.1) is 5.82 Å². The Bertz CT molecular complexity index is 1360. The van der Waals surface area contributed by atoms with E-state index in [1.165, 1.54) is 23.8 Å². The Balaban J connectivity index is 1.16. The zero-order valence-corrected chi connectivity index (χ0v) is 22.0. The predicted molar refractivity (Wildman–Crippen MR) is 144 cm³/mol. The van der Waals surface area contributed by atoms with Crippen LogP contribution in [0.25, 0.3) is 5.57 Å². The Kier molecular flexibility index (Phi) is 7.00. The number of allylic oxidation sites excluding steroid dienone is 2. The second kappa shape index (κ2) is 10.6. The molecule has 0 saturated carbocycles. The summed E-state index contributed by atoms with van der Waals surface area (Å²) in [4.78, 5) is 19.3. The number of nitrogens with zero attached hydrogens (tertiary/aromatic N) is 3. The molecule has 4 aliphatic heterocycles. The van der Waals surface area contributed by atoms with E-state index in [4.69, 9.17) is 21.3 Å². The minimum Gasteiger partial charge on any atom is -0.492 e. The number of carbonyl (C=O) groups excluding carboxylic acids is 1. The Morgan fingerprint density at radius 1 is 1.33 bits per heavy atom. The fraction of sp³-hybridized carbons (Fsp3) is 0.333. The fourth-order valence-corrected chi connectivity index (χ4v) is 5.62. The van der Waals surface area contributed by atoms with Crippen molar-refractivity contribution in [3.05, 3.63) is 87.8 Å². The number of anilines is 1. The van der Waals surface area contributed by atoms with Gasteiger partial charge in [0.2, 0.25) is 0 Å². The highest BCUT2D eigenvalue weighted by molar-refractivity contribution is 6.33. The minimum absolute atomic E-state index is 0.00513. The third-order valence-electron chi connectivity index (χ3n) is 7.27. The number of rotatable bonds is 6. The van der Waals surface area contributed by atoms with Gasteiger partial charge in [-0.1, -0.05) is 17.7 Å². The van der Waals surface area contributed by atoms with Crippen molar-refractivity contribution in [2.24, 2.45) is 0 Å². The lowest BCUT2D eigenvalue weighted by Crippen LogP contribution is -2.54. The van der Waals surface area contributed by atoms with E-state index in [0.29, 0.717) is 19.6 Å². The maximum absolute atomic E-state index is 14.1. The Morgan fingerprint density at radius 3 is 2.95 bits per heavy atom. The van der Waals surface area contributed by atoms with Gasteiger partial charge in [0.1, 0.15) is 23.6 Å². The largest absolute Gasteiger partial charge is 0.492 e. The van der Waals surface area contributed by atoms with E-state index in [9.17, 15) is 14.3 Å². The summed E-state index contributed by atoms with van der Waals surface area (Å²) in [6.07, 6.45) is 5.41. The van der Waals surface area contributed by atoms with Gasteiger partial charge in [-0.05, 0) is 43.7 Å². The molecule has 5 N–H and O–H groups in total. The summed E-state index contributed by atoms with van der Waals surface area (Å²) < 4.78 is 19.9. The number of β-amino-alcohol motifs (C(OH)–C–C–N with tert-alkyl or cyclic N) is 1. The van der Waals surface area contributed by atoms with Gasteiger partial charge < -0.3 is 20.1 Å². The first kappa shape index (κ1) is 25.8. The van der Waals surface area contributed by atoms with Gasteiger partial charge in [0, 0.05) is 42.5 Å². The number of carbonyl (C=O) groups is 1. The van der Waals surface area contributed by atoms with Crippen LogP contribution in [-0.4, -0.2) is 65.6 Å². The SMILES string of the molecule is CCOC1=CN2NC3NNCC3=C2C(c2ccc(N3CC[C@H](NC(=O)c4c(F)cccc4Cl)[C@H](O)C3)nc2)=C1. The van der Waals surface area contributed by atoms with E-state index >= 15 is 0 Å². The highest BCUT2D eigenvalue weighted by atomic mass is 35.5. The monoisotopic (exact) mass is 553 g/mol. The number of aromatic nitrogens is 1. The maximum Gasteiger partial charge on any atom is 0.256 e. The molecule has 1 amide bonds. The molecule has 0 radical (unpaired) electrons. The fourth-order valence-electron chi connectivity index (χ4n) is 5.37. The molecular formula is C27H29ClFN7O3. The standard InChI is InChI=1S/C27H29ClFN7O3/c1-2-39-16-10-17(25-18-12-31-33-26(18)34-36(25)13-16)15-6-7-23(30-11-15)35-9-8-21(22(37)14-35)32-27(38)24-19(28)4-3-5-20(24)29/h3-7,10-11,13,21-22,26,31,33-34,37H,2,8-9,12,14H2,1H3,(H,32,38)/t21-,22+,26?/m0/s1. The average molecular weight is 554 g/mol. The smallest absolute Gasteiger partial charge is 0.256 e. The lowest BCUT2D eigenvalue weighted by atomic mass is 9.97. The number of aliphatic hydroxyl groups excluding tert-OH is 1. The molecule has 0 bridgehead atoms. The van der Waals surface area contributed by atoms with Crippen molar-refractivity contribution >= 4 is 28.9 Å². The van der Waals surface area contributed by atoms with E-state index in [1.807, 2.05) is 47.4 Å². The number of halogens is 2. The summed E-state index contributed by atoms with van der Waals surface area (Å²) in [6, 6.07) is 7.50. The molecule has 0 aliphatic carbocycles. The summed E-state index contributed by atoms with van der Waals surface area (Å²) in [5, 5.41) is 15.6. The number of aliphatic hydroxyl groups is 1. The van der Waals surface area contributed by atoms with Crippen LogP contribution in [-0.2, 0) is 4.74 Å². The molecule has 10 nitrogen and oxygen atoms in total. The molecule has 1 aromatic heterocycles. The van der Waals surface area contributed by atoms with Crippen LogP contribution in [0.2, 0.25) is 5.02 Å². The molecule has 5 heterocycles. The Labute approximate surface area is 230 Å². The Hall–Kier alpha value is -3.48. The number of benzene rings is 1. The highest BCUT2D eigenvalue weighted by Gasteiger charge is 2.37. The van der Waals surface area contributed by atoms with Crippen molar-refractivity contribution in [3.63, 3.8) is 0 Å². The topological polar surface area (TPSA) is 114 Å². The zero-order valence-electron chi connectivity index (χ0n) is 21.2. The molecule has 1 aromatic carbocycles. The quantitative estimate of drug-likeness (QED) is 0.367. The number of piperidine rings is 1. The van der Waals surface area contributed by atoms with E-state index in [-0.39, 0.29) is 23.3 Å². The van der Waals surface area contributed by atoms with Gasteiger partial charge in [0.05, 0.1) is 41.2 Å². The van der Waals surface area contributed by atoms with Crippen molar-refractivity contribution < 1.29 is 19.0 Å². The van der Waals surface area contributed by atoms with E-state index in [2.05, 4.69) is 21.6 Å². The first-order valence-corrected chi connectivity index (χ1v) is 13.3. The van der Waals surface area contributed by atoms with E-state index in [0.717, 1.165) is 35.0 Å². The van der Waals surface area contributed by atoms with Gasteiger partial charge in [0.25, 0.3) is 5.91 Å². The first-order chi connectivity index (χ1) is 18.9. The van der Waals surface area contributed by atoms with Crippen molar-refractivity contribution in [3.8, 4) is 0 Å². The molecule has 3 atom stereocenters. The van der Waals surface area contributed by atoms with Crippen LogP contribution in [0.15, 0.2) is 65.8 Å². The first-order valence-electron chi connectivity index (χ1n) is 12.9. The van der Waals surface area contributed by atoms with Crippen LogP contribution < -0.4 is 26.5 Å². The second-order valence-corrected chi connectivity index (χ2v) is 10.1. The second-order valence-electron chi connectivity index (χ2n) is 9.71. The van der Waals surface area contributed by atoms with Gasteiger partial charge >= 0.3 is 0 Å². The number of hydrogen-bond donors (Lipinski definition) is 5. The lowest BCUT2D eigenvalue weighted by molar-refractivity contribution is 0.0794. The predicted octanol–water partition coefficient (Wildman–Crippen LogP) is 2.03. The van der Waals surface area contributed by atoms with Gasteiger partial charge in [-0.3, -0.25) is 15.2 Å². The van der Waals surface area contributed by atoms with Crippen LogP contribution in [0.5, 0.6) is 0 Å². The van der Waals surface area contributed by atoms with Crippen LogP contribution in [0.3, 0.4) is 0 Å². The summed E-state index contributed by atoms with van der Waals surface area (Å²) in [7, 11) is 0. The molecule has 2 saturated heterocycles. The minimum atomic E-state index is -0.862. The maximum atomic E-state index is 14.1. The third kappa shape index (κ3) is 4.88. The summed E-state index contributed by atoms with van der Waals surface area (Å²) in [6.45, 7) is 4.06. The number of hydrogen-bond acceptors (Lipinski definition) is 9. The lowest BCUT2D eigenvalue weighted by Gasteiger charge is -2.37. The molecule has 4 aliphatic rings. The normalized spacial score (nSPS) is 24.3. The van der Waals surface area contributed by atoms with Crippen molar-refractivity contribution in [2.75, 3.05) is 31.1 Å². The molecule has 204 valence electrons. The molecule has 2 fully saturated rings. The summed E-state index contributed by atoms with van der Waals surface area (Å²) in [5.41, 5.74) is 13.8. The zero-order chi connectivity index (χ0) is 27.1. The molecule has 0 spiro atoms. The van der Waals surface area contributed by atoms with Crippen molar-refractivity contribution in [2.45, 2.75) is 31.7 Å². The number of hydrazine groups is 2. The van der Waals surface area contributed by atoms with Crippen LogP contribution in [0.1, 0.15) is 29.3 Å². The van der Waals surface area contributed by atoms with Gasteiger partial charge in [-0.15, -0.1) is 0 Å². The molecule has 1 unspecified atom stereocenters. The number of ether oxygens (including phenoxy) is 1. The van der Waals surface area contributed by atoms with Gasteiger partial charge in [-0.25, -0.2) is 20.2 Å². The van der Waals surface area contributed by atoms with Gasteiger partial charge in [-0.2, -0.15) is 0 Å². The molecular weight excluding hydrogens is 525 g/mol. The molecule has 12 heteroatoms. The number of fused-ring (bicyclic) bond motifs is 2. The molecule has 39 heavy (non-hydrogen) atoms. The Morgan fingerprint density at radius 2 is 2.21 bits per heavy atom. The van der Waals surface area contributed by atoms with E-state index < -0.39 is 23.9 Å². The average Bonchev–Trinajstić information content (AvgIpc) is 3.51. The highest BCUT2D eigenvalue weighted by Crippen LogP contribution is 2.38. The number of amides is 1. The summed E-state index contributed by atoms with van der Waals surface area (Å²) in [5.74, 6) is 0.139. The van der Waals surface area contributed by atoms with Crippen LogP contribution >= 0.6 is 11.6 Å². The number of pyridine rings is 1. The molecule has 6 rings (SSSR count).